The van der Waals surface area contributed by atoms with Gasteiger partial charge in [-0.1, -0.05) is 43.2 Å². The molecular formula is C17H23NO3. The minimum atomic E-state index is -0.385. The molecule has 1 amide bonds. The minimum absolute atomic E-state index is 0.167. The Morgan fingerprint density at radius 1 is 1.19 bits per heavy atom. The van der Waals surface area contributed by atoms with Crippen molar-refractivity contribution in [3.63, 3.8) is 0 Å². The van der Waals surface area contributed by atoms with E-state index in [4.69, 9.17) is 4.74 Å². The molecule has 1 fully saturated rings. The van der Waals surface area contributed by atoms with Gasteiger partial charge >= 0.3 is 6.09 Å². The molecule has 1 saturated carbocycles. The van der Waals surface area contributed by atoms with Crippen molar-refractivity contribution in [3.8, 4) is 0 Å². The van der Waals surface area contributed by atoms with Crippen LogP contribution >= 0.6 is 0 Å². The smallest absolute Gasteiger partial charge is 0.407 e. The van der Waals surface area contributed by atoms with Crippen LogP contribution < -0.4 is 5.32 Å². The Labute approximate surface area is 125 Å². The van der Waals surface area contributed by atoms with E-state index < -0.39 is 0 Å². The van der Waals surface area contributed by atoms with Crippen LogP contribution in [0.2, 0.25) is 0 Å². The quantitative estimate of drug-likeness (QED) is 0.870. The average molecular weight is 289 g/mol. The second-order valence-corrected chi connectivity index (χ2v) is 5.88. The number of ether oxygens (including phenoxy) is 1. The maximum absolute atomic E-state index is 12.0. The summed E-state index contributed by atoms with van der Waals surface area (Å²) in [5, 5.41) is 3.00. The standard InChI is InChI=1S/C17H23NO3/c1-14(19)9-12-17(10-5-6-11-17)18-16(20)21-13-15-7-3-2-4-8-15/h2-4,7-8H,5-6,9-13H2,1H3,(H,18,20). The SMILES string of the molecule is CC(=O)CCC1(NC(=O)OCc2ccccc2)CCCC1. The zero-order valence-corrected chi connectivity index (χ0v) is 12.6. The van der Waals surface area contributed by atoms with Crippen molar-refractivity contribution >= 4 is 11.9 Å². The van der Waals surface area contributed by atoms with E-state index >= 15 is 0 Å². The molecule has 0 aliphatic heterocycles. The van der Waals surface area contributed by atoms with Crippen LogP contribution in [0.3, 0.4) is 0 Å². The first kappa shape index (κ1) is 15.5. The fourth-order valence-corrected chi connectivity index (χ4v) is 2.88. The summed E-state index contributed by atoms with van der Waals surface area (Å²) in [5.41, 5.74) is 0.719. The Morgan fingerprint density at radius 3 is 2.48 bits per heavy atom. The molecular weight excluding hydrogens is 266 g/mol. The molecule has 4 nitrogen and oxygen atoms in total. The molecule has 0 unspecified atom stereocenters. The molecule has 0 atom stereocenters. The van der Waals surface area contributed by atoms with Crippen LogP contribution in [-0.4, -0.2) is 17.4 Å². The number of carbonyl (C=O) groups is 2. The van der Waals surface area contributed by atoms with Gasteiger partial charge in [0, 0.05) is 12.0 Å². The van der Waals surface area contributed by atoms with Crippen LogP contribution in [0.15, 0.2) is 30.3 Å². The Hall–Kier alpha value is -1.84. The number of benzene rings is 1. The molecule has 1 N–H and O–H groups in total. The summed E-state index contributed by atoms with van der Waals surface area (Å²) in [6.45, 7) is 1.87. The van der Waals surface area contributed by atoms with Gasteiger partial charge in [-0.2, -0.15) is 0 Å². The zero-order chi connectivity index (χ0) is 15.1. The van der Waals surface area contributed by atoms with Crippen LogP contribution in [0.25, 0.3) is 0 Å². The molecule has 1 aromatic carbocycles. The fraction of sp³-hybridized carbons (Fsp3) is 0.529. The number of amides is 1. The molecule has 0 saturated heterocycles. The van der Waals surface area contributed by atoms with Crippen LogP contribution in [0, 0.1) is 0 Å². The third kappa shape index (κ3) is 4.88. The molecule has 0 radical (unpaired) electrons. The predicted molar refractivity (Wildman–Crippen MR) is 80.9 cm³/mol. The third-order valence-electron chi connectivity index (χ3n) is 4.10. The van der Waals surface area contributed by atoms with E-state index in [0.29, 0.717) is 12.8 Å². The average Bonchev–Trinajstić information content (AvgIpc) is 2.93. The fourth-order valence-electron chi connectivity index (χ4n) is 2.88. The normalized spacial score (nSPS) is 16.4. The number of carbonyl (C=O) groups excluding carboxylic acids is 2. The lowest BCUT2D eigenvalue weighted by Crippen LogP contribution is -2.46. The number of alkyl carbamates (subject to hydrolysis) is 1. The maximum atomic E-state index is 12.0. The first-order valence-corrected chi connectivity index (χ1v) is 7.58. The lowest BCUT2D eigenvalue weighted by Gasteiger charge is -2.29. The number of rotatable bonds is 6. The van der Waals surface area contributed by atoms with E-state index in [2.05, 4.69) is 5.32 Å². The van der Waals surface area contributed by atoms with E-state index in [9.17, 15) is 9.59 Å². The molecule has 114 valence electrons. The summed E-state index contributed by atoms with van der Waals surface area (Å²) in [6, 6.07) is 9.62. The van der Waals surface area contributed by atoms with E-state index in [0.717, 1.165) is 31.2 Å². The van der Waals surface area contributed by atoms with Gasteiger partial charge < -0.3 is 14.8 Å². The molecule has 0 aromatic heterocycles. The largest absolute Gasteiger partial charge is 0.445 e. The highest BCUT2D eigenvalue weighted by Gasteiger charge is 2.35. The van der Waals surface area contributed by atoms with Gasteiger partial charge in [0.1, 0.15) is 12.4 Å². The molecule has 1 aromatic rings. The van der Waals surface area contributed by atoms with E-state index in [-0.39, 0.29) is 24.0 Å². The van der Waals surface area contributed by atoms with Crippen molar-refractivity contribution in [1.29, 1.82) is 0 Å². The third-order valence-corrected chi connectivity index (χ3v) is 4.10. The highest BCUT2D eigenvalue weighted by atomic mass is 16.5. The van der Waals surface area contributed by atoms with Crippen molar-refractivity contribution in [3.05, 3.63) is 35.9 Å². The van der Waals surface area contributed by atoms with Crippen LogP contribution in [-0.2, 0) is 16.1 Å². The van der Waals surface area contributed by atoms with Crippen molar-refractivity contribution in [2.45, 2.75) is 57.6 Å². The molecule has 21 heavy (non-hydrogen) atoms. The number of hydrogen-bond donors (Lipinski definition) is 1. The Morgan fingerprint density at radius 2 is 1.86 bits per heavy atom. The Balaban J connectivity index is 1.85. The number of ketones is 1. The van der Waals surface area contributed by atoms with Crippen molar-refractivity contribution in [2.75, 3.05) is 0 Å². The highest BCUT2D eigenvalue weighted by molar-refractivity contribution is 5.75. The molecule has 2 rings (SSSR count). The van der Waals surface area contributed by atoms with Crippen LogP contribution in [0.5, 0.6) is 0 Å². The van der Waals surface area contributed by atoms with Crippen molar-refractivity contribution in [1.82, 2.24) is 5.32 Å². The van der Waals surface area contributed by atoms with E-state index in [1.807, 2.05) is 30.3 Å². The number of hydrogen-bond acceptors (Lipinski definition) is 3. The predicted octanol–water partition coefficient (Wildman–Crippen LogP) is 3.59. The Bertz CT molecular complexity index is 478. The monoisotopic (exact) mass is 289 g/mol. The first-order valence-electron chi connectivity index (χ1n) is 7.58. The van der Waals surface area contributed by atoms with E-state index in [1.165, 1.54) is 0 Å². The first-order chi connectivity index (χ1) is 10.1. The molecule has 1 aliphatic carbocycles. The van der Waals surface area contributed by atoms with Gasteiger partial charge in [-0.25, -0.2) is 4.79 Å². The number of nitrogens with one attached hydrogen (secondary N) is 1. The molecule has 0 bridgehead atoms. The molecule has 0 spiro atoms. The van der Waals surface area contributed by atoms with Crippen molar-refractivity contribution in [2.24, 2.45) is 0 Å². The number of Topliss-reactive ketones (excluding diaryl/α,β-unsaturated/α-hetero) is 1. The molecule has 1 aliphatic rings. The lowest BCUT2D eigenvalue weighted by molar-refractivity contribution is -0.117. The summed E-state index contributed by atoms with van der Waals surface area (Å²) in [5.74, 6) is 0.167. The Kier molecular flexibility index (Phi) is 5.37. The minimum Gasteiger partial charge on any atom is -0.445 e. The summed E-state index contributed by atoms with van der Waals surface area (Å²) in [6.07, 6.45) is 4.89. The van der Waals surface area contributed by atoms with Gasteiger partial charge in [0.15, 0.2) is 0 Å². The summed E-state index contributed by atoms with van der Waals surface area (Å²) in [7, 11) is 0. The zero-order valence-electron chi connectivity index (χ0n) is 12.6. The second-order valence-electron chi connectivity index (χ2n) is 5.88. The van der Waals surface area contributed by atoms with Gasteiger partial charge in [-0.05, 0) is 31.7 Å². The second kappa shape index (κ2) is 7.25. The van der Waals surface area contributed by atoms with Crippen LogP contribution in [0.1, 0.15) is 51.0 Å². The topological polar surface area (TPSA) is 55.4 Å². The van der Waals surface area contributed by atoms with Crippen molar-refractivity contribution < 1.29 is 14.3 Å². The van der Waals surface area contributed by atoms with Gasteiger partial charge in [-0.3, -0.25) is 0 Å². The summed E-state index contributed by atoms with van der Waals surface area (Å²) >= 11 is 0. The highest BCUT2D eigenvalue weighted by Crippen LogP contribution is 2.33. The van der Waals surface area contributed by atoms with Gasteiger partial charge in [0.2, 0.25) is 0 Å². The lowest BCUT2D eigenvalue weighted by atomic mass is 9.91. The van der Waals surface area contributed by atoms with E-state index in [1.54, 1.807) is 6.92 Å². The molecule has 4 heteroatoms. The van der Waals surface area contributed by atoms with Gasteiger partial charge in [-0.15, -0.1) is 0 Å². The molecule has 0 heterocycles. The van der Waals surface area contributed by atoms with Gasteiger partial charge in [0.05, 0.1) is 0 Å². The summed E-state index contributed by atoms with van der Waals surface area (Å²) in [4.78, 5) is 23.2. The van der Waals surface area contributed by atoms with Gasteiger partial charge in [0.25, 0.3) is 0 Å². The maximum Gasteiger partial charge on any atom is 0.407 e. The van der Waals surface area contributed by atoms with Crippen LogP contribution in [0.4, 0.5) is 4.79 Å². The summed E-state index contributed by atoms with van der Waals surface area (Å²) < 4.78 is 5.29.